The lowest BCUT2D eigenvalue weighted by Crippen LogP contribution is -2.47. The van der Waals surface area contributed by atoms with Crippen LogP contribution in [0.15, 0.2) is 34.9 Å². The lowest BCUT2D eigenvalue weighted by atomic mass is 10.1. The molecule has 1 aliphatic rings. The van der Waals surface area contributed by atoms with Gasteiger partial charge in [-0.25, -0.2) is 0 Å². The summed E-state index contributed by atoms with van der Waals surface area (Å²) in [5, 5.41) is 3.82. The second kappa shape index (κ2) is 6.42. The maximum atomic E-state index is 12.9. The quantitative estimate of drug-likeness (QED) is 0.866. The maximum Gasteiger partial charge on any atom is 0.293 e. The standard InChI is InChI=1S/C17H21N3O3/c1-12-8-16(23-18-12)17(21)20-9-13-6-4-5-7-15(13)22-11-14(20)10-19(2)3/h4-8,14H,9-11H2,1-3H3. The molecule has 6 heteroatoms. The number of likely N-dealkylation sites (N-methyl/N-ethyl adjacent to an activating group) is 1. The maximum absolute atomic E-state index is 12.9. The van der Waals surface area contributed by atoms with Crippen molar-refractivity contribution in [3.05, 3.63) is 47.3 Å². The number of fused-ring (bicyclic) bond motifs is 1. The number of carbonyl (C=O) groups excluding carboxylic acids is 1. The van der Waals surface area contributed by atoms with Crippen molar-refractivity contribution in [2.24, 2.45) is 0 Å². The van der Waals surface area contributed by atoms with E-state index < -0.39 is 0 Å². The van der Waals surface area contributed by atoms with Crippen molar-refractivity contribution >= 4 is 5.91 Å². The fourth-order valence-electron chi connectivity index (χ4n) is 2.78. The largest absolute Gasteiger partial charge is 0.491 e. The highest BCUT2D eigenvalue weighted by Crippen LogP contribution is 2.26. The molecular formula is C17H21N3O3. The molecule has 2 heterocycles. The molecule has 1 aromatic carbocycles. The Morgan fingerprint density at radius 2 is 2.17 bits per heavy atom. The Morgan fingerprint density at radius 1 is 1.39 bits per heavy atom. The van der Waals surface area contributed by atoms with Gasteiger partial charge in [-0.3, -0.25) is 4.79 Å². The molecule has 0 saturated heterocycles. The van der Waals surface area contributed by atoms with Gasteiger partial charge in [-0.05, 0) is 27.1 Å². The van der Waals surface area contributed by atoms with Gasteiger partial charge in [0, 0.05) is 18.2 Å². The molecule has 0 saturated carbocycles. The number of aryl methyl sites for hydroxylation is 1. The van der Waals surface area contributed by atoms with Gasteiger partial charge >= 0.3 is 0 Å². The van der Waals surface area contributed by atoms with E-state index >= 15 is 0 Å². The normalized spacial score (nSPS) is 17.6. The minimum absolute atomic E-state index is 0.0599. The molecule has 0 bridgehead atoms. The second-order valence-electron chi connectivity index (χ2n) is 6.10. The van der Waals surface area contributed by atoms with E-state index in [2.05, 4.69) is 10.1 Å². The summed E-state index contributed by atoms with van der Waals surface area (Å²) in [7, 11) is 3.97. The van der Waals surface area contributed by atoms with Gasteiger partial charge in [-0.1, -0.05) is 23.4 Å². The average Bonchev–Trinajstić information content (AvgIpc) is 2.87. The number of ether oxygens (including phenoxy) is 1. The van der Waals surface area contributed by atoms with E-state index in [1.54, 1.807) is 13.0 Å². The van der Waals surface area contributed by atoms with Crippen LogP contribution in [-0.4, -0.2) is 54.2 Å². The van der Waals surface area contributed by atoms with Crippen molar-refractivity contribution in [2.75, 3.05) is 27.2 Å². The van der Waals surface area contributed by atoms with Crippen LogP contribution in [0.4, 0.5) is 0 Å². The van der Waals surface area contributed by atoms with Gasteiger partial charge < -0.3 is 19.1 Å². The van der Waals surface area contributed by atoms with Crippen LogP contribution >= 0.6 is 0 Å². The molecular weight excluding hydrogens is 294 g/mol. The second-order valence-corrected chi connectivity index (χ2v) is 6.10. The molecule has 23 heavy (non-hydrogen) atoms. The summed E-state index contributed by atoms with van der Waals surface area (Å²) < 4.78 is 11.1. The van der Waals surface area contributed by atoms with E-state index in [1.807, 2.05) is 43.3 Å². The highest BCUT2D eigenvalue weighted by Gasteiger charge is 2.31. The van der Waals surface area contributed by atoms with Crippen molar-refractivity contribution in [2.45, 2.75) is 19.5 Å². The van der Waals surface area contributed by atoms with Crippen LogP contribution < -0.4 is 4.74 Å². The number of para-hydroxylation sites is 1. The molecule has 0 radical (unpaired) electrons. The fourth-order valence-corrected chi connectivity index (χ4v) is 2.78. The Kier molecular flexibility index (Phi) is 4.34. The number of carbonyl (C=O) groups is 1. The summed E-state index contributed by atoms with van der Waals surface area (Å²) in [6.45, 7) is 3.46. The van der Waals surface area contributed by atoms with E-state index in [1.165, 1.54) is 0 Å². The molecule has 1 aromatic heterocycles. The van der Waals surface area contributed by atoms with Crippen molar-refractivity contribution in [1.82, 2.24) is 15.0 Å². The molecule has 1 atom stereocenters. The summed E-state index contributed by atoms with van der Waals surface area (Å²) in [5.41, 5.74) is 1.70. The Hall–Kier alpha value is -2.34. The van der Waals surface area contributed by atoms with Gasteiger partial charge in [0.1, 0.15) is 12.4 Å². The molecule has 0 fully saturated rings. The first kappa shape index (κ1) is 15.6. The van der Waals surface area contributed by atoms with Crippen molar-refractivity contribution in [3.8, 4) is 5.75 Å². The van der Waals surface area contributed by atoms with Gasteiger partial charge in [0.05, 0.1) is 18.3 Å². The van der Waals surface area contributed by atoms with Crippen LogP contribution in [0.3, 0.4) is 0 Å². The average molecular weight is 315 g/mol. The highest BCUT2D eigenvalue weighted by atomic mass is 16.5. The van der Waals surface area contributed by atoms with E-state index in [4.69, 9.17) is 9.26 Å². The Balaban J connectivity index is 1.92. The SMILES string of the molecule is Cc1cc(C(=O)N2Cc3ccccc3OCC2CN(C)C)on1. The van der Waals surface area contributed by atoms with Crippen LogP contribution in [0.2, 0.25) is 0 Å². The van der Waals surface area contributed by atoms with E-state index in [-0.39, 0.29) is 17.7 Å². The first-order chi connectivity index (χ1) is 11.0. The van der Waals surface area contributed by atoms with Gasteiger partial charge in [-0.2, -0.15) is 0 Å². The number of amides is 1. The zero-order valence-corrected chi connectivity index (χ0v) is 13.7. The third-order valence-electron chi connectivity index (χ3n) is 3.86. The molecule has 0 spiro atoms. The summed E-state index contributed by atoms with van der Waals surface area (Å²) in [6.07, 6.45) is 0. The monoisotopic (exact) mass is 315 g/mol. The summed E-state index contributed by atoms with van der Waals surface area (Å²) in [6, 6.07) is 9.43. The minimum Gasteiger partial charge on any atom is -0.491 e. The van der Waals surface area contributed by atoms with E-state index in [9.17, 15) is 4.79 Å². The summed E-state index contributed by atoms with van der Waals surface area (Å²) in [4.78, 5) is 16.7. The van der Waals surface area contributed by atoms with Crippen molar-refractivity contribution in [1.29, 1.82) is 0 Å². The number of hydrogen-bond donors (Lipinski definition) is 0. The molecule has 1 unspecified atom stereocenters. The zero-order chi connectivity index (χ0) is 16.4. The predicted molar refractivity (Wildman–Crippen MR) is 85.4 cm³/mol. The van der Waals surface area contributed by atoms with Crippen LogP contribution in [0.5, 0.6) is 5.75 Å². The number of hydrogen-bond acceptors (Lipinski definition) is 5. The number of rotatable bonds is 3. The van der Waals surface area contributed by atoms with Gasteiger partial charge in [0.2, 0.25) is 5.76 Å². The minimum atomic E-state index is -0.155. The van der Waals surface area contributed by atoms with Crippen LogP contribution in [0.1, 0.15) is 21.8 Å². The predicted octanol–water partition coefficient (Wildman–Crippen LogP) is 1.95. The molecule has 1 aliphatic heterocycles. The Bertz CT molecular complexity index is 696. The molecule has 0 aliphatic carbocycles. The van der Waals surface area contributed by atoms with Gasteiger partial charge in [0.25, 0.3) is 5.91 Å². The first-order valence-corrected chi connectivity index (χ1v) is 7.64. The summed E-state index contributed by atoms with van der Waals surface area (Å²) in [5.74, 6) is 0.948. The molecule has 2 aromatic rings. The lowest BCUT2D eigenvalue weighted by Gasteiger charge is -2.30. The molecule has 0 N–H and O–H groups in total. The molecule has 122 valence electrons. The lowest BCUT2D eigenvalue weighted by molar-refractivity contribution is 0.0543. The van der Waals surface area contributed by atoms with E-state index in [0.29, 0.717) is 25.4 Å². The van der Waals surface area contributed by atoms with Crippen LogP contribution in [-0.2, 0) is 6.54 Å². The van der Waals surface area contributed by atoms with Crippen LogP contribution in [0.25, 0.3) is 0 Å². The number of benzene rings is 1. The van der Waals surface area contributed by atoms with Gasteiger partial charge in [-0.15, -0.1) is 0 Å². The number of aromatic nitrogens is 1. The van der Waals surface area contributed by atoms with Gasteiger partial charge in [0.15, 0.2) is 0 Å². The topological polar surface area (TPSA) is 58.8 Å². The molecule has 6 nitrogen and oxygen atoms in total. The molecule has 3 rings (SSSR count). The van der Waals surface area contributed by atoms with E-state index in [0.717, 1.165) is 11.3 Å². The molecule has 1 amide bonds. The Labute approximate surface area is 135 Å². The third kappa shape index (κ3) is 3.37. The zero-order valence-electron chi connectivity index (χ0n) is 13.7. The smallest absolute Gasteiger partial charge is 0.293 e. The van der Waals surface area contributed by atoms with Crippen molar-refractivity contribution in [3.63, 3.8) is 0 Å². The summed E-state index contributed by atoms with van der Waals surface area (Å²) >= 11 is 0. The fraction of sp³-hybridized carbons (Fsp3) is 0.412. The van der Waals surface area contributed by atoms with Crippen molar-refractivity contribution < 1.29 is 14.1 Å². The van der Waals surface area contributed by atoms with Crippen LogP contribution in [0, 0.1) is 6.92 Å². The number of nitrogens with zero attached hydrogens (tertiary/aromatic N) is 3. The highest BCUT2D eigenvalue weighted by molar-refractivity contribution is 5.91. The first-order valence-electron chi connectivity index (χ1n) is 7.64. The third-order valence-corrected chi connectivity index (χ3v) is 3.86. The Morgan fingerprint density at radius 3 is 2.87 bits per heavy atom.